The molecule has 0 amide bonds. The zero-order chi connectivity index (χ0) is 11.8. The van der Waals surface area contributed by atoms with Crippen molar-refractivity contribution >= 4 is 5.82 Å². The molecule has 0 radical (unpaired) electrons. The van der Waals surface area contributed by atoms with Gasteiger partial charge in [0.15, 0.2) is 0 Å². The molecule has 0 aliphatic heterocycles. The van der Waals surface area contributed by atoms with Crippen molar-refractivity contribution < 1.29 is 4.74 Å². The van der Waals surface area contributed by atoms with E-state index in [1.165, 1.54) is 12.8 Å². The van der Waals surface area contributed by atoms with Gasteiger partial charge in [-0.3, -0.25) is 0 Å². The van der Waals surface area contributed by atoms with Crippen molar-refractivity contribution in [3.8, 4) is 5.75 Å². The van der Waals surface area contributed by atoms with Gasteiger partial charge in [-0.1, -0.05) is 19.8 Å². The second-order valence-corrected chi connectivity index (χ2v) is 3.80. The zero-order valence-electron chi connectivity index (χ0n) is 10.1. The molecule has 16 heavy (non-hydrogen) atoms. The Hall–Kier alpha value is -1.29. The lowest BCUT2D eigenvalue weighted by molar-refractivity contribution is 0.413. The zero-order valence-corrected chi connectivity index (χ0v) is 10.1. The highest BCUT2D eigenvalue weighted by molar-refractivity contribution is 5.38. The molecule has 0 aliphatic rings. The first-order chi connectivity index (χ1) is 7.80. The van der Waals surface area contributed by atoms with Crippen LogP contribution >= 0.6 is 0 Å². The molecule has 0 saturated heterocycles. The van der Waals surface area contributed by atoms with E-state index >= 15 is 0 Å². The highest BCUT2D eigenvalue weighted by Crippen LogP contribution is 2.13. The van der Waals surface area contributed by atoms with Crippen molar-refractivity contribution in [3.63, 3.8) is 0 Å². The number of pyridine rings is 1. The van der Waals surface area contributed by atoms with Gasteiger partial charge >= 0.3 is 0 Å². The highest BCUT2D eigenvalue weighted by atomic mass is 16.5. The Morgan fingerprint density at radius 3 is 2.81 bits per heavy atom. The predicted molar refractivity (Wildman–Crippen MR) is 66.8 cm³/mol. The van der Waals surface area contributed by atoms with Crippen molar-refractivity contribution in [1.82, 2.24) is 4.98 Å². The topological polar surface area (TPSA) is 60.2 Å². The quantitative estimate of drug-likeness (QED) is 0.742. The van der Waals surface area contributed by atoms with E-state index in [4.69, 9.17) is 10.5 Å². The summed E-state index contributed by atoms with van der Waals surface area (Å²) in [6, 6.07) is 4.11. The molecule has 0 aliphatic carbocycles. The number of aromatic nitrogens is 1. The minimum absolute atomic E-state index is 0.306. The van der Waals surface area contributed by atoms with E-state index in [2.05, 4.69) is 17.2 Å². The maximum atomic E-state index is 5.70. The smallest absolute Gasteiger partial charge is 0.137 e. The van der Waals surface area contributed by atoms with E-state index in [-0.39, 0.29) is 0 Å². The summed E-state index contributed by atoms with van der Waals surface area (Å²) < 4.78 is 5.05. The molecule has 1 aromatic rings. The number of hydrogen-bond donors (Lipinski definition) is 2. The largest absolute Gasteiger partial charge is 0.495 e. The van der Waals surface area contributed by atoms with Crippen LogP contribution in [0.1, 0.15) is 26.2 Å². The third kappa shape index (κ3) is 4.06. The molecule has 1 unspecified atom stereocenters. The summed E-state index contributed by atoms with van der Waals surface area (Å²) in [5, 5.41) is 3.32. The summed E-state index contributed by atoms with van der Waals surface area (Å²) in [5.74, 6) is 1.62. The fourth-order valence-corrected chi connectivity index (χ4v) is 1.50. The molecule has 0 spiro atoms. The van der Waals surface area contributed by atoms with Gasteiger partial charge < -0.3 is 15.8 Å². The highest BCUT2D eigenvalue weighted by Gasteiger charge is 2.06. The summed E-state index contributed by atoms with van der Waals surface area (Å²) in [7, 11) is 1.63. The van der Waals surface area contributed by atoms with Crippen molar-refractivity contribution in [2.24, 2.45) is 5.73 Å². The fraction of sp³-hybridized carbons (Fsp3) is 0.583. The number of nitrogens with one attached hydrogen (secondary N) is 1. The van der Waals surface area contributed by atoms with E-state index in [1.54, 1.807) is 13.3 Å². The first kappa shape index (κ1) is 12.8. The van der Waals surface area contributed by atoms with Crippen LogP contribution in [-0.2, 0) is 0 Å². The van der Waals surface area contributed by atoms with Crippen LogP contribution in [0.25, 0.3) is 0 Å². The number of methoxy groups -OCH3 is 1. The summed E-state index contributed by atoms with van der Waals surface area (Å²) in [6.45, 7) is 2.81. The van der Waals surface area contributed by atoms with Gasteiger partial charge in [0.25, 0.3) is 0 Å². The van der Waals surface area contributed by atoms with Crippen LogP contribution in [0, 0.1) is 0 Å². The number of hydrogen-bond acceptors (Lipinski definition) is 4. The minimum atomic E-state index is 0.306. The standard InChI is InChI=1S/C12H21N3O/c1-3-4-5-10(8-13)15-12-7-6-11(16-2)9-14-12/h6-7,9-10H,3-5,8,13H2,1-2H3,(H,14,15). The molecule has 1 aromatic heterocycles. The predicted octanol–water partition coefficient (Wildman–Crippen LogP) is 2.02. The molecule has 4 heteroatoms. The lowest BCUT2D eigenvalue weighted by Gasteiger charge is -2.17. The van der Waals surface area contributed by atoms with E-state index in [0.29, 0.717) is 12.6 Å². The van der Waals surface area contributed by atoms with Gasteiger partial charge in [0.05, 0.1) is 13.3 Å². The van der Waals surface area contributed by atoms with Gasteiger partial charge in [-0.15, -0.1) is 0 Å². The van der Waals surface area contributed by atoms with Crippen LogP contribution in [0.15, 0.2) is 18.3 Å². The van der Waals surface area contributed by atoms with Gasteiger partial charge in [0.1, 0.15) is 11.6 Å². The third-order valence-electron chi connectivity index (χ3n) is 2.51. The minimum Gasteiger partial charge on any atom is -0.495 e. The van der Waals surface area contributed by atoms with Crippen molar-refractivity contribution in [1.29, 1.82) is 0 Å². The number of nitrogens with two attached hydrogens (primary N) is 1. The monoisotopic (exact) mass is 223 g/mol. The van der Waals surface area contributed by atoms with Crippen LogP contribution in [-0.4, -0.2) is 24.7 Å². The lowest BCUT2D eigenvalue weighted by atomic mass is 10.1. The second-order valence-electron chi connectivity index (χ2n) is 3.80. The van der Waals surface area contributed by atoms with Gasteiger partial charge in [0, 0.05) is 12.6 Å². The van der Waals surface area contributed by atoms with Crippen LogP contribution < -0.4 is 15.8 Å². The average molecular weight is 223 g/mol. The Bertz CT molecular complexity index is 287. The van der Waals surface area contributed by atoms with E-state index in [9.17, 15) is 0 Å². The first-order valence-electron chi connectivity index (χ1n) is 5.76. The summed E-state index contributed by atoms with van der Waals surface area (Å²) in [5.41, 5.74) is 5.70. The van der Waals surface area contributed by atoms with Crippen molar-refractivity contribution in [3.05, 3.63) is 18.3 Å². The molecule has 1 heterocycles. The molecule has 4 nitrogen and oxygen atoms in total. The molecular weight excluding hydrogens is 202 g/mol. The number of rotatable bonds is 7. The SMILES string of the molecule is CCCCC(CN)Nc1ccc(OC)cn1. The number of nitrogens with zero attached hydrogens (tertiary/aromatic N) is 1. The van der Waals surface area contributed by atoms with Crippen molar-refractivity contribution in [2.75, 3.05) is 19.0 Å². The van der Waals surface area contributed by atoms with Crippen LogP contribution in [0.5, 0.6) is 5.75 Å². The van der Waals surface area contributed by atoms with Gasteiger partial charge in [-0.05, 0) is 18.6 Å². The van der Waals surface area contributed by atoms with E-state index < -0.39 is 0 Å². The maximum Gasteiger partial charge on any atom is 0.137 e. The molecule has 3 N–H and O–H groups in total. The second kappa shape index (κ2) is 7.06. The lowest BCUT2D eigenvalue weighted by Crippen LogP contribution is -2.29. The molecule has 0 saturated carbocycles. The van der Waals surface area contributed by atoms with Crippen LogP contribution in [0.3, 0.4) is 0 Å². The molecule has 1 rings (SSSR count). The Balaban J connectivity index is 2.49. The Kier molecular flexibility index (Phi) is 5.64. The number of ether oxygens (including phenoxy) is 1. The summed E-state index contributed by atoms with van der Waals surface area (Å²) in [4.78, 5) is 4.25. The van der Waals surface area contributed by atoms with Gasteiger partial charge in [-0.2, -0.15) is 0 Å². The molecule has 0 bridgehead atoms. The molecule has 90 valence electrons. The fourth-order valence-electron chi connectivity index (χ4n) is 1.50. The van der Waals surface area contributed by atoms with Crippen LogP contribution in [0.2, 0.25) is 0 Å². The first-order valence-corrected chi connectivity index (χ1v) is 5.76. The summed E-state index contributed by atoms with van der Waals surface area (Å²) in [6.07, 6.45) is 5.16. The normalized spacial score (nSPS) is 12.2. The molecule has 0 fully saturated rings. The molecule has 1 atom stereocenters. The Morgan fingerprint density at radius 2 is 2.31 bits per heavy atom. The third-order valence-corrected chi connectivity index (χ3v) is 2.51. The molecular formula is C12H21N3O. The van der Waals surface area contributed by atoms with Gasteiger partial charge in [-0.25, -0.2) is 4.98 Å². The summed E-state index contributed by atoms with van der Waals surface area (Å²) >= 11 is 0. The number of unbranched alkanes of at least 4 members (excludes halogenated alkanes) is 1. The number of anilines is 1. The maximum absolute atomic E-state index is 5.70. The average Bonchev–Trinajstić information content (AvgIpc) is 2.35. The Labute approximate surface area is 97.2 Å². The van der Waals surface area contributed by atoms with Crippen molar-refractivity contribution in [2.45, 2.75) is 32.2 Å². The van der Waals surface area contributed by atoms with E-state index in [0.717, 1.165) is 18.0 Å². The van der Waals surface area contributed by atoms with Gasteiger partial charge in [0.2, 0.25) is 0 Å². The van der Waals surface area contributed by atoms with Crippen LogP contribution in [0.4, 0.5) is 5.82 Å². The molecule has 0 aromatic carbocycles. The Morgan fingerprint density at radius 1 is 1.50 bits per heavy atom. The van der Waals surface area contributed by atoms with E-state index in [1.807, 2.05) is 12.1 Å².